The predicted molar refractivity (Wildman–Crippen MR) is 52.6 cm³/mol. The second-order valence-corrected chi connectivity index (χ2v) is 5.51. The van der Waals surface area contributed by atoms with Gasteiger partial charge < -0.3 is 19.8 Å². The van der Waals surface area contributed by atoms with E-state index in [0.717, 1.165) is 6.07 Å². The molecule has 0 saturated heterocycles. The molecule has 78 valence electrons. The average Bonchev–Trinajstić information content (AvgIpc) is 2.19. The van der Waals surface area contributed by atoms with E-state index in [4.69, 9.17) is 0 Å². The van der Waals surface area contributed by atoms with Crippen molar-refractivity contribution in [3.8, 4) is 0 Å². The molecule has 0 aliphatic heterocycles. The van der Waals surface area contributed by atoms with Crippen molar-refractivity contribution in [3.63, 3.8) is 0 Å². The first-order valence-electron chi connectivity index (χ1n) is 4.14. The van der Waals surface area contributed by atoms with E-state index in [2.05, 4.69) is 9.88 Å². The SMILES string of the molecule is O=C([O-])c1cccc(C(=O)[O-])c1.[CH3][Sn+2][CH3]. The summed E-state index contributed by atoms with van der Waals surface area (Å²) in [6.45, 7) is 0. The van der Waals surface area contributed by atoms with E-state index in [1.807, 2.05) is 0 Å². The Bertz CT molecular complexity index is 320. The Kier molecular flexibility index (Phi) is 6.77. The molecule has 0 spiro atoms. The molecular formula is C10H10O4Sn. The van der Waals surface area contributed by atoms with Gasteiger partial charge in [-0.3, -0.25) is 0 Å². The van der Waals surface area contributed by atoms with Gasteiger partial charge in [-0.1, -0.05) is 18.2 Å². The van der Waals surface area contributed by atoms with Gasteiger partial charge in [0.25, 0.3) is 0 Å². The molecule has 0 bridgehead atoms. The molecular weight excluding hydrogens is 303 g/mol. The monoisotopic (exact) mass is 314 g/mol. The minimum atomic E-state index is -1.40. The molecule has 0 aliphatic rings. The predicted octanol–water partition coefficient (Wildman–Crippen LogP) is -0.800. The summed E-state index contributed by atoms with van der Waals surface area (Å²) in [7, 11) is 0. The van der Waals surface area contributed by atoms with Crippen molar-refractivity contribution in [1.82, 2.24) is 0 Å². The summed E-state index contributed by atoms with van der Waals surface area (Å²) in [5.74, 6) is -2.81. The first kappa shape index (κ1) is 14.0. The summed E-state index contributed by atoms with van der Waals surface area (Å²) >= 11 is 0.230. The third-order valence-electron chi connectivity index (χ3n) is 1.33. The van der Waals surface area contributed by atoms with Gasteiger partial charge in [-0.05, 0) is 17.2 Å². The van der Waals surface area contributed by atoms with Crippen LogP contribution in [0.25, 0.3) is 0 Å². The standard InChI is InChI=1S/C8H6O4.2CH3.Sn/c9-7(10)5-2-1-3-6(4-5)8(11)12;;;/h1-4H,(H,9,10)(H,11,12);2*1H3;/q;;;+2/p-2. The van der Waals surface area contributed by atoms with E-state index in [1.54, 1.807) is 0 Å². The first-order valence-corrected chi connectivity index (χ1v) is 9.85. The Morgan fingerprint density at radius 3 is 1.67 bits per heavy atom. The second kappa shape index (κ2) is 7.28. The van der Waals surface area contributed by atoms with Crippen LogP contribution in [0.3, 0.4) is 0 Å². The van der Waals surface area contributed by atoms with Crippen LogP contribution in [-0.4, -0.2) is 33.1 Å². The van der Waals surface area contributed by atoms with Crippen LogP contribution >= 0.6 is 0 Å². The van der Waals surface area contributed by atoms with Crippen LogP contribution in [0.4, 0.5) is 0 Å². The molecule has 0 aromatic heterocycles. The Hall–Kier alpha value is -1.04. The molecule has 1 aromatic carbocycles. The van der Waals surface area contributed by atoms with Crippen molar-refractivity contribution in [1.29, 1.82) is 0 Å². The summed E-state index contributed by atoms with van der Waals surface area (Å²) < 4.78 is 0. The zero-order valence-electron chi connectivity index (χ0n) is 8.44. The summed E-state index contributed by atoms with van der Waals surface area (Å²) in [5, 5.41) is 20.5. The molecule has 0 fully saturated rings. The quantitative estimate of drug-likeness (QED) is 0.670. The van der Waals surface area contributed by atoms with Crippen LogP contribution in [0.1, 0.15) is 20.7 Å². The third-order valence-corrected chi connectivity index (χ3v) is 1.33. The molecule has 0 amide bonds. The molecule has 4 nitrogen and oxygen atoms in total. The van der Waals surface area contributed by atoms with Crippen molar-refractivity contribution in [3.05, 3.63) is 35.4 Å². The zero-order chi connectivity index (χ0) is 11.8. The molecule has 0 atom stereocenters. The van der Waals surface area contributed by atoms with E-state index in [9.17, 15) is 19.8 Å². The van der Waals surface area contributed by atoms with Crippen molar-refractivity contribution < 1.29 is 19.8 Å². The van der Waals surface area contributed by atoms with Crippen LogP contribution in [0.2, 0.25) is 9.88 Å². The van der Waals surface area contributed by atoms with Gasteiger partial charge in [0.15, 0.2) is 0 Å². The van der Waals surface area contributed by atoms with Gasteiger partial charge in [-0.15, -0.1) is 0 Å². The van der Waals surface area contributed by atoms with Gasteiger partial charge in [0.2, 0.25) is 0 Å². The fraction of sp³-hybridized carbons (Fsp3) is 0.200. The Balaban J connectivity index is 0.000000583. The van der Waals surface area contributed by atoms with Gasteiger partial charge in [0.05, 0.1) is 11.9 Å². The number of carbonyl (C=O) groups is 2. The topological polar surface area (TPSA) is 80.3 Å². The number of hydrogen-bond donors (Lipinski definition) is 0. The number of hydrogen-bond acceptors (Lipinski definition) is 4. The molecule has 0 heterocycles. The number of carboxylic acids is 2. The normalized spacial score (nSPS) is 8.13. The molecule has 0 radical (unpaired) electrons. The summed E-state index contributed by atoms with van der Waals surface area (Å²) in [5.41, 5.74) is -0.339. The number of rotatable bonds is 2. The number of carbonyl (C=O) groups excluding carboxylic acids is 2. The van der Waals surface area contributed by atoms with Gasteiger partial charge in [0, 0.05) is 0 Å². The van der Waals surface area contributed by atoms with Crippen LogP contribution in [0, 0.1) is 0 Å². The maximum atomic E-state index is 10.3. The minimum absolute atomic E-state index is 0.170. The summed E-state index contributed by atoms with van der Waals surface area (Å²) in [6.07, 6.45) is 0. The third kappa shape index (κ3) is 5.41. The fourth-order valence-corrected chi connectivity index (χ4v) is 0.773. The van der Waals surface area contributed by atoms with E-state index in [0.29, 0.717) is 0 Å². The molecule has 1 rings (SSSR count). The summed E-state index contributed by atoms with van der Waals surface area (Å²) in [6, 6.07) is 4.81. The first-order chi connectivity index (χ1) is 7.02. The van der Waals surface area contributed by atoms with E-state index in [1.165, 1.54) is 18.2 Å². The van der Waals surface area contributed by atoms with E-state index < -0.39 is 11.9 Å². The van der Waals surface area contributed by atoms with Crippen LogP contribution < -0.4 is 10.2 Å². The van der Waals surface area contributed by atoms with Crippen molar-refractivity contribution in [2.75, 3.05) is 0 Å². The van der Waals surface area contributed by atoms with Crippen LogP contribution in [-0.2, 0) is 0 Å². The van der Waals surface area contributed by atoms with E-state index in [-0.39, 0.29) is 32.3 Å². The molecule has 5 heteroatoms. The fourth-order valence-electron chi connectivity index (χ4n) is 0.773. The van der Waals surface area contributed by atoms with Gasteiger partial charge in [-0.25, -0.2) is 0 Å². The zero-order valence-corrected chi connectivity index (χ0v) is 11.3. The Labute approximate surface area is 98.2 Å². The molecule has 0 unspecified atom stereocenters. The average molecular weight is 313 g/mol. The van der Waals surface area contributed by atoms with Gasteiger partial charge >= 0.3 is 31.0 Å². The van der Waals surface area contributed by atoms with E-state index >= 15 is 0 Å². The van der Waals surface area contributed by atoms with Crippen molar-refractivity contribution in [2.24, 2.45) is 0 Å². The molecule has 0 N–H and O–H groups in total. The molecule has 15 heavy (non-hydrogen) atoms. The number of aromatic carboxylic acids is 2. The molecule has 0 aliphatic carbocycles. The second-order valence-electron chi connectivity index (χ2n) is 2.66. The Morgan fingerprint density at radius 1 is 1.07 bits per heavy atom. The van der Waals surface area contributed by atoms with Crippen molar-refractivity contribution in [2.45, 2.75) is 9.88 Å². The van der Waals surface area contributed by atoms with Gasteiger partial charge in [-0.2, -0.15) is 0 Å². The maximum absolute atomic E-state index is 10.3. The number of carboxylic acid groups (broad SMARTS) is 2. The molecule has 1 aromatic rings. The number of benzene rings is 1. The summed E-state index contributed by atoms with van der Waals surface area (Å²) in [4.78, 5) is 25.1. The Morgan fingerprint density at radius 2 is 1.40 bits per heavy atom. The van der Waals surface area contributed by atoms with Crippen LogP contribution in [0.15, 0.2) is 24.3 Å². The van der Waals surface area contributed by atoms with Crippen LogP contribution in [0.5, 0.6) is 0 Å². The van der Waals surface area contributed by atoms with Crippen molar-refractivity contribution >= 4 is 33.1 Å². The molecule has 0 saturated carbocycles. The van der Waals surface area contributed by atoms with Gasteiger partial charge in [0.1, 0.15) is 0 Å².